The van der Waals surface area contributed by atoms with E-state index in [1.807, 2.05) is 38.1 Å². The summed E-state index contributed by atoms with van der Waals surface area (Å²) in [6.45, 7) is 8.31. The fraction of sp³-hybridized carbons (Fsp3) is 0.421. The molecule has 1 N–H and O–H groups in total. The Morgan fingerprint density at radius 3 is 2.92 bits per heavy atom. The van der Waals surface area contributed by atoms with E-state index in [4.69, 9.17) is 4.74 Å². The number of ether oxygens (including phenoxy) is 1. The van der Waals surface area contributed by atoms with Crippen LogP contribution in [-0.4, -0.2) is 33.0 Å². The second kappa shape index (κ2) is 7.95. The van der Waals surface area contributed by atoms with Crippen molar-refractivity contribution in [2.75, 3.05) is 12.4 Å². The van der Waals surface area contributed by atoms with Gasteiger partial charge in [0.25, 0.3) is 0 Å². The summed E-state index contributed by atoms with van der Waals surface area (Å²) in [7, 11) is 1.59. The Morgan fingerprint density at radius 2 is 2.27 bits per heavy atom. The molecule has 0 saturated heterocycles. The van der Waals surface area contributed by atoms with Gasteiger partial charge in [0.1, 0.15) is 11.6 Å². The maximum absolute atomic E-state index is 12.7. The van der Waals surface area contributed by atoms with Gasteiger partial charge in [0.05, 0.1) is 18.0 Å². The van der Waals surface area contributed by atoms with E-state index in [9.17, 15) is 4.79 Å². The van der Waals surface area contributed by atoms with Gasteiger partial charge in [-0.2, -0.15) is 0 Å². The number of amides is 1. The number of rotatable bonds is 8. The number of aryl methyl sites for hydroxylation is 1. The molecule has 0 radical (unpaired) electrons. The second-order valence-corrected chi connectivity index (χ2v) is 7.78. The third kappa shape index (κ3) is 4.09. The number of hydrogen-bond acceptors (Lipinski definition) is 5. The minimum absolute atomic E-state index is 0.0972. The lowest BCUT2D eigenvalue weighted by molar-refractivity contribution is -0.115. The first-order valence-corrected chi connectivity index (χ1v) is 9.57. The number of hydrogen-bond donors (Lipinski definition) is 1. The van der Waals surface area contributed by atoms with Gasteiger partial charge in [-0.3, -0.25) is 4.79 Å². The first-order chi connectivity index (χ1) is 12.5. The van der Waals surface area contributed by atoms with Crippen molar-refractivity contribution >= 4 is 23.4 Å². The van der Waals surface area contributed by atoms with Crippen LogP contribution in [0, 0.1) is 6.92 Å². The lowest BCUT2D eigenvalue weighted by Gasteiger charge is -2.15. The number of nitrogens with one attached hydrogen (secondary N) is 1. The molecule has 0 spiro atoms. The van der Waals surface area contributed by atoms with Gasteiger partial charge in [-0.05, 0) is 44.4 Å². The number of allylic oxidation sites excluding steroid dienone is 1. The van der Waals surface area contributed by atoms with E-state index in [0.29, 0.717) is 23.9 Å². The summed E-state index contributed by atoms with van der Waals surface area (Å²) < 4.78 is 7.39. The molecule has 6 nitrogen and oxygen atoms in total. The van der Waals surface area contributed by atoms with Crippen molar-refractivity contribution in [3.8, 4) is 5.75 Å². The van der Waals surface area contributed by atoms with E-state index >= 15 is 0 Å². The summed E-state index contributed by atoms with van der Waals surface area (Å²) in [6.07, 6.45) is 4.15. The first-order valence-electron chi connectivity index (χ1n) is 8.69. The van der Waals surface area contributed by atoms with Crippen LogP contribution in [0.25, 0.3) is 0 Å². The fourth-order valence-corrected chi connectivity index (χ4v) is 3.56. The van der Waals surface area contributed by atoms with Crippen molar-refractivity contribution in [1.29, 1.82) is 0 Å². The Labute approximate surface area is 158 Å². The number of benzene rings is 1. The molecule has 1 aromatic carbocycles. The maximum atomic E-state index is 12.7. The van der Waals surface area contributed by atoms with Crippen molar-refractivity contribution in [2.24, 2.45) is 0 Å². The molecule has 26 heavy (non-hydrogen) atoms. The topological polar surface area (TPSA) is 69.0 Å². The number of aromatic nitrogens is 3. The molecule has 7 heteroatoms. The van der Waals surface area contributed by atoms with Crippen molar-refractivity contribution in [2.45, 2.75) is 49.6 Å². The van der Waals surface area contributed by atoms with Crippen molar-refractivity contribution in [3.05, 3.63) is 42.2 Å². The molecule has 1 aliphatic carbocycles. The SMILES string of the molecule is C=CCn1c(SC(C)C(=O)Nc2cc(C)ccc2OC)nnc1C1CC1. The Bertz CT molecular complexity index is 814. The molecule has 1 aromatic heterocycles. The summed E-state index contributed by atoms with van der Waals surface area (Å²) in [5.74, 6) is 2.05. The molecule has 0 aliphatic heterocycles. The third-order valence-corrected chi connectivity index (χ3v) is 5.34. The zero-order chi connectivity index (χ0) is 18.7. The summed E-state index contributed by atoms with van der Waals surface area (Å²) >= 11 is 1.41. The van der Waals surface area contributed by atoms with E-state index in [0.717, 1.165) is 29.4 Å². The van der Waals surface area contributed by atoms with Gasteiger partial charge >= 0.3 is 0 Å². The van der Waals surface area contributed by atoms with Gasteiger partial charge in [-0.25, -0.2) is 0 Å². The highest BCUT2D eigenvalue weighted by atomic mass is 32.2. The normalized spacial score (nSPS) is 14.7. The summed E-state index contributed by atoms with van der Waals surface area (Å²) in [4.78, 5) is 12.7. The molecular weight excluding hydrogens is 348 g/mol. The number of anilines is 1. The summed E-state index contributed by atoms with van der Waals surface area (Å²) in [6, 6.07) is 5.70. The van der Waals surface area contributed by atoms with Crippen LogP contribution >= 0.6 is 11.8 Å². The number of carbonyl (C=O) groups is 1. The number of carbonyl (C=O) groups excluding carboxylic acids is 1. The Balaban J connectivity index is 1.72. The molecular formula is C19H24N4O2S. The van der Waals surface area contributed by atoms with Gasteiger partial charge in [-0.15, -0.1) is 16.8 Å². The zero-order valence-corrected chi connectivity index (χ0v) is 16.2. The highest BCUT2D eigenvalue weighted by molar-refractivity contribution is 8.00. The Kier molecular flexibility index (Phi) is 5.66. The predicted molar refractivity (Wildman–Crippen MR) is 104 cm³/mol. The zero-order valence-electron chi connectivity index (χ0n) is 15.4. The van der Waals surface area contributed by atoms with Crippen LogP contribution in [0.1, 0.15) is 37.1 Å². The molecule has 3 rings (SSSR count). The van der Waals surface area contributed by atoms with Crippen molar-refractivity contribution in [3.63, 3.8) is 0 Å². The maximum Gasteiger partial charge on any atom is 0.237 e. The van der Waals surface area contributed by atoms with Crippen LogP contribution < -0.4 is 10.1 Å². The molecule has 1 unspecified atom stereocenters. The molecule has 1 atom stereocenters. The molecule has 1 aliphatic rings. The molecule has 1 saturated carbocycles. The Morgan fingerprint density at radius 1 is 1.50 bits per heavy atom. The summed E-state index contributed by atoms with van der Waals surface area (Å²) in [5, 5.41) is 12.0. The van der Waals surface area contributed by atoms with Gasteiger partial charge < -0.3 is 14.6 Å². The number of nitrogens with zero attached hydrogens (tertiary/aromatic N) is 3. The second-order valence-electron chi connectivity index (χ2n) is 6.47. The van der Waals surface area contributed by atoms with E-state index in [1.54, 1.807) is 7.11 Å². The van der Waals surface area contributed by atoms with E-state index in [-0.39, 0.29) is 11.2 Å². The summed E-state index contributed by atoms with van der Waals surface area (Å²) in [5.41, 5.74) is 1.73. The molecule has 2 aromatic rings. The van der Waals surface area contributed by atoms with Crippen LogP contribution in [0.4, 0.5) is 5.69 Å². The van der Waals surface area contributed by atoms with Crippen LogP contribution in [0.2, 0.25) is 0 Å². The smallest absolute Gasteiger partial charge is 0.237 e. The average Bonchev–Trinajstić information content (AvgIpc) is 3.39. The first kappa shape index (κ1) is 18.5. The largest absolute Gasteiger partial charge is 0.495 e. The number of thioether (sulfide) groups is 1. The van der Waals surface area contributed by atoms with Gasteiger partial charge in [0.2, 0.25) is 5.91 Å². The van der Waals surface area contributed by atoms with Gasteiger partial charge in [-0.1, -0.05) is 23.9 Å². The van der Waals surface area contributed by atoms with Gasteiger partial charge in [0, 0.05) is 12.5 Å². The molecule has 1 heterocycles. The van der Waals surface area contributed by atoms with Crippen LogP contribution in [0.5, 0.6) is 5.75 Å². The third-order valence-electron chi connectivity index (χ3n) is 4.26. The van der Waals surface area contributed by atoms with Crippen LogP contribution in [0.3, 0.4) is 0 Å². The highest BCUT2D eigenvalue weighted by Crippen LogP contribution is 2.40. The quantitative estimate of drug-likeness (QED) is 0.564. The van der Waals surface area contributed by atoms with E-state index in [2.05, 4.69) is 26.7 Å². The Hall–Kier alpha value is -2.28. The number of methoxy groups -OCH3 is 1. The minimum atomic E-state index is -0.319. The molecule has 138 valence electrons. The van der Waals surface area contributed by atoms with Gasteiger partial charge in [0.15, 0.2) is 5.16 Å². The molecule has 1 fully saturated rings. The lowest BCUT2D eigenvalue weighted by atomic mass is 10.2. The van der Waals surface area contributed by atoms with Crippen molar-refractivity contribution < 1.29 is 9.53 Å². The lowest BCUT2D eigenvalue weighted by Crippen LogP contribution is -2.23. The van der Waals surface area contributed by atoms with E-state index in [1.165, 1.54) is 11.8 Å². The monoisotopic (exact) mass is 372 g/mol. The fourth-order valence-electron chi connectivity index (χ4n) is 2.70. The minimum Gasteiger partial charge on any atom is -0.495 e. The van der Waals surface area contributed by atoms with E-state index < -0.39 is 0 Å². The molecule has 0 bridgehead atoms. The average molecular weight is 372 g/mol. The van der Waals surface area contributed by atoms with Crippen LogP contribution in [-0.2, 0) is 11.3 Å². The standard InChI is InChI=1S/C19H24N4O2S/c1-5-10-23-17(14-7-8-14)21-22-19(23)26-13(3)18(24)20-15-11-12(2)6-9-16(15)25-4/h5-6,9,11,13-14H,1,7-8,10H2,2-4H3,(H,20,24). The predicted octanol–water partition coefficient (Wildman–Crippen LogP) is 3.78. The highest BCUT2D eigenvalue weighted by Gasteiger charge is 2.31. The van der Waals surface area contributed by atoms with Crippen LogP contribution in [0.15, 0.2) is 36.0 Å². The van der Waals surface area contributed by atoms with Crippen molar-refractivity contribution in [1.82, 2.24) is 14.8 Å². The molecule has 1 amide bonds.